The summed E-state index contributed by atoms with van der Waals surface area (Å²) in [5.74, 6) is -1.04. The predicted molar refractivity (Wildman–Crippen MR) is 145 cm³/mol. The number of methoxy groups -OCH3 is 1. The Balaban J connectivity index is 1.67. The molecule has 2 heterocycles. The van der Waals surface area contributed by atoms with Crippen LogP contribution in [-0.4, -0.2) is 44.2 Å². The monoisotopic (exact) mass is 573 g/mol. The van der Waals surface area contributed by atoms with Crippen LogP contribution in [-0.2, 0) is 22.6 Å². The van der Waals surface area contributed by atoms with Gasteiger partial charge in [0.1, 0.15) is 11.6 Å². The Bertz CT molecular complexity index is 1370. The molecule has 7 nitrogen and oxygen atoms in total. The van der Waals surface area contributed by atoms with Gasteiger partial charge in [0.05, 0.1) is 34.4 Å². The maximum atomic E-state index is 16.3. The molecule has 1 fully saturated rings. The van der Waals surface area contributed by atoms with Gasteiger partial charge in [-0.05, 0) is 67.9 Å². The van der Waals surface area contributed by atoms with E-state index in [2.05, 4.69) is 9.97 Å². The molecular weight excluding hydrogens is 544 g/mol. The number of amides is 1. The molecular formula is C29H30Cl2FN3O4. The molecule has 10 heteroatoms. The zero-order chi connectivity index (χ0) is 27.9. The van der Waals surface area contributed by atoms with Crippen molar-refractivity contribution in [3.05, 3.63) is 92.7 Å². The fraction of sp³-hybridized carbons (Fsp3) is 0.414. The maximum absolute atomic E-state index is 16.3. The van der Waals surface area contributed by atoms with E-state index in [9.17, 15) is 15.0 Å². The molecule has 206 valence electrons. The van der Waals surface area contributed by atoms with Crippen molar-refractivity contribution in [1.29, 1.82) is 0 Å². The minimum Gasteiger partial charge on any atom is -0.393 e. The summed E-state index contributed by atoms with van der Waals surface area (Å²) in [6.45, 7) is 1.75. The van der Waals surface area contributed by atoms with Crippen molar-refractivity contribution < 1.29 is 24.1 Å². The number of halogens is 3. The standard InChI is InChI=1S/C29H30Cl2FN3O4/c1-3-28(38,17-6-10-22(36)11-7-17)19-12-23-26(24(32)13-19)29(39-2,18-4-8-20(30)9-5-18)35(27(23)37)16-25-33-14-21(31)15-34-25/h4-5,8-9,12-15,17,22,36,38H,3,6-7,10-11,16H2,1-2H3/t17-,22-,28?,29-/m1/s1. The van der Waals surface area contributed by atoms with E-state index < -0.39 is 29.2 Å². The zero-order valence-electron chi connectivity index (χ0n) is 21.7. The van der Waals surface area contributed by atoms with Crippen LogP contribution in [0.25, 0.3) is 0 Å². The van der Waals surface area contributed by atoms with E-state index in [0.29, 0.717) is 59.1 Å². The van der Waals surface area contributed by atoms with E-state index in [1.807, 2.05) is 6.92 Å². The third-order valence-corrected chi connectivity index (χ3v) is 8.65. The molecule has 2 atom stereocenters. The lowest BCUT2D eigenvalue weighted by molar-refractivity contribution is -0.0891. The van der Waals surface area contributed by atoms with E-state index in [1.165, 1.54) is 30.5 Å². The van der Waals surface area contributed by atoms with Gasteiger partial charge in [-0.2, -0.15) is 0 Å². The molecule has 5 rings (SSSR count). The summed E-state index contributed by atoms with van der Waals surface area (Å²) in [4.78, 5) is 23.9. The molecule has 2 N–H and O–H groups in total. The molecule has 0 saturated heterocycles. The molecule has 2 aromatic carbocycles. The number of benzene rings is 2. The van der Waals surface area contributed by atoms with Crippen molar-refractivity contribution >= 4 is 29.1 Å². The van der Waals surface area contributed by atoms with Crippen LogP contribution in [0.4, 0.5) is 4.39 Å². The van der Waals surface area contributed by atoms with Gasteiger partial charge >= 0.3 is 0 Å². The molecule has 0 radical (unpaired) electrons. The summed E-state index contributed by atoms with van der Waals surface area (Å²) in [5.41, 5.74) is -2.03. The lowest BCUT2D eigenvalue weighted by Gasteiger charge is -2.40. The number of ether oxygens (including phenoxy) is 1. The molecule has 1 unspecified atom stereocenters. The Morgan fingerprint density at radius 2 is 1.74 bits per heavy atom. The van der Waals surface area contributed by atoms with Gasteiger partial charge in [0.15, 0.2) is 5.72 Å². The Kier molecular flexibility index (Phi) is 7.70. The summed E-state index contributed by atoms with van der Waals surface area (Å²) in [6.07, 6.45) is 5.12. The third kappa shape index (κ3) is 4.72. The summed E-state index contributed by atoms with van der Waals surface area (Å²) >= 11 is 12.1. The number of rotatable bonds is 7. The highest BCUT2D eigenvalue weighted by atomic mass is 35.5. The first-order valence-corrected chi connectivity index (χ1v) is 13.7. The Hall–Kier alpha value is -2.62. The van der Waals surface area contributed by atoms with Gasteiger partial charge < -0.3 is 14.9 Å². The van der Waals surface area contributed by atoms with E-state index in [0.717, 1.165) is 0 Å². The molecule has 0 bridgehead atoms. The number of hydrogen-bond donors (Lipinski definition) is 2. The van der Waals surface area contributed by atoms with Crippen LogP contribution < -0.4 is 0 Å². The lowest BCUT2D eigenvalue weighted by atomic mass is 9.71. The van der Waals surface area contributed by atoms with Gasteiger partial charge in [-0.15, -0.1) is 0 Å². The Morgan fingerprint density at radius 1 is 1.10 bits per heavy atom. The van der Waals surface area contributed by atoms with E-state index in [-0.39, 0.29) is 23.6 Å². The minimum atomic E-state index is -1.64. The van der Waals surface area contributed by atoms with Gasteiger partial charge in [0.25, 0.3) is 5.91 Å². The maximum Gasteiger partial charge on any atom is 0.257 e. The summed E-state index contributed by atoms with van der Waals surface area (Å²) in [6, 6.07) is 9.57. The summed E-state index contributed by atoms with van der Waals surface area (Å²) in [5, 5.41) is 22.7. The quantitative estimate of drug-likeness (QED) is 0.383. The molecule has 1 aromatic heterocycles. The van der Waals surface area contributed by atoms with E-state index >= 15 is 4.39 Å². The second-order valence-corrected chi connectivity index (χ2v) is 11.1. The minimum absolute atomic E-state index is 0.0487. The second kappa shape index (κ2) is 10.7. The number of hydrogen-bond acceptors (Lipinski definition) is 6. The fourth-order valence-electron chi connectivity index (χ4n) is 6.13. The van der Waals surface area contributed by atoms with Crippen molar-refractivity contribution in [1.82, 2.24) is 14.9 Å². The van der Waals surface area contributed by atoms with Gasteiger partial charge in [-0.25, -0.2) is 14.4 Å². The average Bonchev–Trinajstić information content (AvgIpc) is 3.18. The smallest absolute Gasteiger partial charge is 0.257 e. The highest BCUT2D eigenvalue weighted by Gasteiger charge is 2.54. The largest absolute Gasteiger partial charge is 0.393 e. The number of carbonyl (C=O) groups excluding carboxylic acids is 1. The summed E-state index contributed by atoms with van der Waals surface area (Å²) < 4.78 is 22.4. The number of aliphatic hydroxyl groups excluding tert-OH is 1. The van der Waals surface area contributed by atoms with E-state index in [4.69, 9.17) is 27.9 Å². The van der Waals surface area contributed by atoms with Gasteiger partial charge in [-0.1, -0.05) is 42.3 Å². The van der Waals surface area contributed by atoms with Crippen LogP contribution in [0.2, 0.25) is 10.0 Å². The highest BCUT2D eigenvalue weighted by Crippen LogP contribution is 2.49. The molecule has 3 aromatic rings. The molecule has 1 aliphatic heterocycles. The fourth-order valence-corrected chi connectivity index (χ4v) is 6.35. The SMILES string of the molecule is CCC(O)(c1cc(F)c2c(c1)C(=O)N(Cc1ncc(Cl)cn1)[C@@]2(OC)c1ccc(Cl)cc1)[C@H]1CC[C@H](O)CC1. The normalized spacial score (nSPS) is 24.5. The number of carbonyl (C=O) groups is 1. The van der Waals surface area contributed by atoms with Crippen molar-refractivity contribution in [3.8, 4) is 0 Å². The van der Waals surface area contributed by atoms with Crippen molar-refractivity contribution in [3.63, 3.8) is 0 Å². The second-order valence-electron chi connectivity index (χ2n) is 10.2. The van der Waals surface area contributed by atoms with Crippen LogP contribution >= 0.6 is 23.2 Å². The number of aromatic nitrogens is 2. The first kappa shape index (κ1) is 27.9. The molecule has 1 aliphatic carbocycles. The molecule has 1 saturated carbocycles. The van der Waals surface area contributed by atoms with Crippen LogP contribution in [0.15, 0.2) is 48.8 Å². The number of aliphatic hydroxyl groups is 2. The molecule has 2 aliphatic rings. The van der Waals surface area contributed by atoms with E-state index in [1.54, 1.807) is 30.3 Å². The average molecular weight is 574 g/mol. The van der Waals surface area contributed by atoms with Gasteiger partial charge in [0, 0.05) is 30.1 Å². The molecule has 1 amide bonds. The number of nitrogens with zero attached hydrogens (tertiary/aromatic N) is 3. The van der Waals surface area contributed by atoms with Crippen molar-refractivity contribution in [2.24, 2.45) is 5.92 Å². The van der Waals surface area contributed by atoms with Crippen LogP contribution in [0, 0.1) is 11.7 Å². The molecule has 39 heavy (non-hydrogen) atoms. The first-order valence-electron chi connectivity index (χ1n) is 13.0. The zero-order valence-corrected chi connectivity index (χ0v) is 23.2. The van der Waals surface area contributed by atoms with Crippen LogP contribution in [0.5, 0.6) is 0 Å². The predicted octanol–water partition coefficient (Wildman–Crippen LogP) is 5.57. The third-order valence-electron chi connectivity index (χ3n) is 8.20. The van der Waals surface area contributed by atoms with Crippen molar-refractivity contribution in [2.45, 2.75) is 63.0 Å². The Labute approximate surface area is 236 Å². The van der Waals surface area contributed by atoms with Crippen LogP contribution in [0.3, 0.4) is 0 Å². The number of fused-ring (bicyclic) bond motifs is 1. The lowest BCUT2D eigenvalue weighted by Crippen LogP contribution is -2.46. The molecule has 0 spiro atoms. The first-order chi connectivity index (χ1) is 18.6. The summed E-state index contributed by atoms with van der Waals surface area (Å²) in [7, 11) is 1.41. The highest BCUT2D eigenvalue weighted by molar-refractivity contribution is 6.30. The van der Waals surface area contributed by atoms with Gasteiger partial charge in [0.2, 0.25) is 0 Å². The van der Waals surface area contributed by atoms with Crippen LogP contribution in [0.1, 0.15) is 71.9 Å². The van der Waals surface area contributed by atoms with Gasteiger partial charge in [-0.3, -0.25) is 9.69 Å². The van der Waals surface area contributed by atoms with Crippen molar-refractivity contribution in [2.75, 3.05) is 7.11 Å². The Morgan fingerprint density at radius 3 is 2.33 bits per heavy atom. The topological polar surface area (TPSA) is 95.8 Å².